The molecule has 1 atom stereocenters. The third kappa shape index (κ3) is 3.23. The van der Waals surface area contributed by atoms with Crippen molar-refractivity contribution in [1.82, 2.24) is 25.5 Å². The fourth-order valence-corrected chi connectivity index (χ4v) is 2.71. The summed E-state index contributed by atoms with van der Waals surface area (Å²) in [6.45, 7) is 2.42. The average Bonchev–Trinajstić information content (AvgIpc) is 3.03. The highest BCUT2D eigenvalue weighted by Crippen LogP contribution is 2.28. The van der Waals surface area contributed by atoms with Crippen molar-refractivity contribution in [3.05, 3.63) is 36.3 Å². The van der Waals surface area contributed by atoms with Crippen LogP contribution in [0.3, 0.4) is 0 Å². The molecule has 1 amide bonds. The summed E-state index contributed by atoms with van der Waals surface area (Å²) < 4.78 is 11.1. The molecule has 0 fully saturated rings. The predicted molar refractivity (Wildman–Crippen MR) is 90.0 cm³/mol. The predicted octanol–water partition coefficient (Wildman–Crippen LogP) is 2.42. The van der Waals surface area contributed by atoms with Crippen molar-refractivity contribution < 1.29 is 14.3 Å². The van der Waals surface area contributed by atoms with Crippen LogP contribution >= 0.6 is 0 Å². The Morgan fingerprint density at radius 2 is 2.20 bits per heavy atom. The fraction of sp³-hybridized carbons (Fsp3) is 0.294. The van der Waals surface area contributed by atoms with Crippen LogP contribution in [0.25, 0.3) is 22.3 Å². The van der Waals surface area contributed by atoms with Gasteiger partial charge < -0.3 is 14.8 Å². The number of carbonyl (C=O) groups is 1. The van der Waals surface area contributed by atoms with Crippen molar-refractivity contribution in [1.29, 1.82) is 0 Å². The summed E-state index contributed by atoms with van der Waals surface area (Å²) in [5.41, 5.74) is 2.25. The lowest BCUT2D eigenvalue weighted by molar-refractivity contribution is 0.134. The van der Waals surface area contributed by atoms with E-state index in [2.05, 4.69) is 25.5 Å². The van der Waals surface area contributed by atoms with Gasteiger partial charge in [-0.2, -0.15) is 5.10 Å². The van der Waals surface area contributed by atoms with E-state index in [1.54, 1.807) is 12.3 Å². The number of carbonyl (C=O) groups excluding carboxylic acids is 1. The van der Waals surface area contributed by atoms with E-state index < -0.39 is 6.09 Å². The van der Waals surface area contributed by atoms with E-state index in [0.717, 1.165) is 16.7 Å². The number of benzene rings is 1. The summed E-state index contributed by atoms with van der Waals surface area (Å²) in [5.74, 6) is 1.16. The van der Waals surface area contributed by atoms with E-state index in [1.165, 1.54) is 0 Å². The summed E-state index contributed by atoms with van der Waals surface area (Å²) in [6.07, 6.45) is 1.73. The van der Waals surface area contributed by atoms with Gasteiger partial charge in [0.05, 0.1) is 17.3 Å². The van der Waals surface area contributed by atoms with E-state index in [9.17, 15) is 4.79 Å². The third-order valence-electron chi connectivity index (χ3n) is 3.97. The van der Waals surface area contributed by atoms with E-state index in [1.807, 2.05) is 25.1 Å². The second-order valence-electron chi connectivity index (χ2n) is 5.86. The van der Waals surface area contributed by atoms with Gasteiger partial charge in [0.25, 0.3) is 0 Å². The third-order valence-corrected chi connectivity index (χ3v) is 3.97. The van der Waals surface area contributed by atoms with Gasteiger partial charge in [-0.15, -0.1) is 0 Å². The van der Waals surface area contributed by atoms with Gasteiger partial charge in [0.1, 0.15) is 11.4 Å². The Hall–Kier alpha value is -3.16. The zero-order chi connectivity index (χ0) is 17.2. The van der Waals surface area contributed by atoms with Crippen molar-refractivity contribution in [2.75, 3.05) is 6.54 Å². The second-order valence-corrected chi connectivity index (χ2v) is 5.86. The number of aromatic nitrogens is 4. The van der Waals surface area contributed by atoms with Crippen LogP contribution in [0.1, 0.15) is 19.2 Å². The number of nitrogens with one attached hydrogen (secondary N) is 2. The molecule has 4 bridgehead atoms. The summed E-state index contributed by atoms with van der Waals surface area (Å²) in [7, 11) is 0. The van der Waals surface area contributed by atoms with Gasteiger partial charge in [-0.1, -0.05) is 0 Å². The molecule has 0 saturated heterocycles. The summed E-state index contributed by atoms with van der Waals surface area (Å²) in [4.78, 5) is 20.3. The lowest BCUT2D eigenvalue weighted by Gasteiger charge is -2.15. The molecular formula is C17H17N5O3. The Morgan fingerprint density at radius 3 is 3.12 bits per heavy atom. The molecule has 4 rings (SSSR count). The lowest BCUT2D eigenvalue weighted by atomic mass is 10.1. The van der Waals surface area contributed by atoms with Crippen molar-refractivity contribution in [3.63, 3.8) is 0 Å². The first-order valence-corrected chi connectivity index (χ1v) is 8.07. The first-order valence-electron chi connectivity index (χ1n) is 8.07. The molecule has 25 heavy (non-hydrogen) atoms. The molecule has 0 unspecified atom stereocenters. The van der Waals surface area contributed by atoms with Gasteiger partial charge in [-0.05, 0) is 31.2 Å². The number of alkyl carbamates (subject to hydrolysis) is 1. The smallest absolute Gasteiger partial charge is 0.407 e. The van der Waals surface area contributed by atoms with Crippen LogP contribution in [-0.2, 0) is 11.3 Å². The van der Waals surface area contributed by atoms with E-state index in [-0.39, 0.29) is 12.7 Å². The molecule has 8 heteroatoms. The highest BCUT2D eigenvalue weighted by atomic mass is 16.5. The minimum Gasteiger partial charge on any atom is -0.491 e. The molecule has 0 aliphatic carbocycles. The number of aromatic amines is 1. The molecule has 8 nitrogen and oxygen atoms in total. The highest BCUT2D eigenvalue weighted by Gasteiger charge is 2.14. The fourth-order valence-electron chi connectivity index (χ4n) is 2.71. The molecule has 128 valence electrons. The van der Waals surface area contributed by atoms with Gasteiger partial charge in [0.2, 0.25) is 0 Å². The Balaban J connectivity index is 1.79. The van der Waals surface area contributed by atoms with Crippen LogP contribution in [0.15, 0.2) is 30.5 Å². The molecule has 3 heterocycles. The minimum absolute atomic E-state index is 0.000662. The first kappa shape index (κ1) is 15.4. The normalized spacial score (nSPS) is 18.0. The van der Waals surface area contributed by atoms with E-state index in [0.29, 0.717) is 30.2 Å². The summed E-state index contributed by atoms with van der Waals surface area (Å²) in [5, 5.41) is 11.0. The molecular weight excluding hydrogens is 322 g/mol. The molecule has 3 aromatic rings. The number of amides is 1. The Morgan fingerprint density at radius 1 is 1.28 bits per heavy atom. The number of hydrogen-bond acceptors (Lipinski definition) is 6. The van der Waals surface area contributed by atoms with Gasteiger partial charge in [-0.3, -0.25) is 5.10 Å². The molecule has 2 N–H and O–H groups in total. The van der Waals surface area contributed by atoms with Gasteiger partial charge >= 0.3 is 6.09 Å². The molecule has 0 saturated carbocycles. The highest BCUT2D eigenvalue weighted by molar-refractivity contribution is 5.92. The molecule has 1 aromatic carbocycles. The topological polar surface area (TPSA) is 102 Å². The maximum Gasteiger partial charge on any atom is 0.407 e. The number of H-pyrrole nitrogens is 1. The quantitative estimate of drug-likeness (QED) is 0.652. The van der Waals surface area contributed by atoms with Crippen LogP contribution < -0.4 is 10.1 Å². The van der Waals surface area contributed by atoms with Crippen LogP contribution in [0.4, 0.5) is 4.79 Å². The molecule has 1 aliphatic rings. The van der Waals surface area contributed by atoms with Crippen molar-refractivity contribution in [3.8, 4) is 17.1 Å². The zero-order valence-electron chi connectivity index (χ0n) is 13.7. The maximum atomic E-state index is 11.7. The Bertz CT molecular complexity index is 924. The molecule has 0 spiro atoms. The lowest BCUT2D eigenvalue weighted by Crippen LogP contribution is -2.28. The summed E-state index contributed by atoms with van der Waals surface area (Å²) in [6, 6.07) is 7.54. The Labute approximate surface area is 143 Å². The Kier molecular flexibility index (Phi) is 3.93. The number of cyclic esters (lactones) is 1. The van der Waals surface area contributed by atoms with E-state index in [4.69, 9.17) is 9.47 Å². The molecule has 0 radical (unpaired) electrons. The number of nitrogens with zero attached hydrogens (tertiary/aromatic N) is 3. The standard InChI is InChI=1S/C17H17N5O3/c1-10-4-6-19-17(23)24-9-15-18-7-5-14(20-15)16-12-8-11(25-10)2-3-13(12)21-22-16/h2-3,5,7-8,10H,4,6,9H2,1H3,(H,19,23)(H,21,22)/t10-/m1/s1. The SMILES string of the molecule is C[C@@H]1CCNC(=O)OCc2nccc(n2)-c2n[nH]c3ccc(cc23)O1. The number of ether oxygens (including phenoxy) is 2. The van der Waals surface area contributed by atoms with Crippen molar-refractivity contribution in [2.45, 2.75) is 26.1 Å². The average molecular weight is 339 g/mol. The number of rotatable bonds is 0. The summed E-state index contributed by atoms with van der Waals surface area (Å²) >= 11 is 0. The largest absolute Gasteiger partial charge is 0.491 e. The van der Waals surface area contributed by atoms with Crippen LogP contribution in [0, 0.1) is 0 Å². The number of fused-ring (bicyclic) bond motifs is 4. The van der Waals surface area contributed by atoms with Gasteiger partial charge in [-0.25, -0.2) is 14.8 Å². The number of hydrogen-bond donors (Lipinski definition) is 2. The molecule has 2 aromatic heterocycles. The monoisotopic (exact) mass is 339 g/mol. The van der Waals surface area contributed by atoms with Gasteiger partial charge in [0.15, 0.2) is 12.4 Å². The maximum absolute atomic E-state index is 11.7. The molecule has 1 aliphatic heterocycles. The minimum atomic E-state index is -0.501. The van der Waals surface area contributed by atoms with Crippen LogP contribution in [-0.4, -0.2) is 38.9 Å². The van der Waals surface area contributed by atoms with Crippen LogP contribution in [0.5, 0.6) is 5.75 Å². The van der Waals surface area contributed by atoms with Crippen molar-refractivity contribution in [2.24, 2.45) is 0 Å². The van der Waals surface area contributed by atoms with E-state index >= 15 is 0 Å². The van der Waals surface area contributed by atoms with Crippen LogP contribution in [0.2, 0.25) is 0 Å². The first-order chi connectivity index (χ1) is 12.2. The van der Waals surface area contributed by atoms with Crippen molar-refractivity contribution >= 4 is 17.0 Å². The van der Waals surface area contributed by atoms with Gasteiger partial charge in [0, 0.05) is 24.5 Å². The second kappa shape index (κ2) is 6.39. The zero-order valence-corrected chi connectivity index (χ0v) is 13.7.